The number of guanidine groups is 1. The van der Waals surface area contributed by atoms with Crippen molar-refractivity contribution >= 4 is 11.9 Å². The molecule has 8 heteroatoms. The van der Waals surface area contributed by atoms with Gasteiger partial charge in [-0.2, -0.15) is 0 Å². The highest BCUT2D eigenvalue weighted by Crippen LogP contribution is 2.42. The van der Waals surface area contributed by atoms with Gasteiger partial charge in [-0.15, -0.1) is 0 Å². The number of methoxy groups -OCH3 is 2. The molecule has 0 radical (unpaired) electrons. The number of ether oxygens (including phenoxy) is 2. The van der Waals surface area contributed by atoms with Crippen molar-refractivity contribution in [1.82, 2.24) is 10.6 Å². The monoisotopic (exact) mass is 442 g/mol. The van der Waals surface area contributed by atoms with E-state index in [0.29, 0.717) is 18.3 Å². The van der Waals surface area contributed by atoms with Gasteiger partial charge in [-0.1, -0.05) is 25.3 Å². The van der Waals surface area contributed by atoms with Crippen LogP contribution in [-0.4, -0.2) is 39.2 Å². The predicted molar refractivity (Wildman–Crippen MR) is 124 cm³/mol. The number of amides is 1. The molecule has 4 N–H and O–H groups in total. The summed E-state index contributed by atoms with van der Waals surface area (Å²) in [6, 6.07) is 9.52. The topological polar surface area (TPSA) is 111 Å². The fourth-order valence-corrected chi connectivity index (χ4v) is 4.31. The van der Waals surface area contributed by atoms with Gasteiger partial charge in [-0.25, -0.2) is 4.99 Å². The Kier molecular flexibility index (Phi) is 8.03. The average Bonchev–Trinajstić information content (AvgIpc) is 3.30. The molecule has 1 aliphatic carbocycles. The summed E-state index contributed by atoms with van der Waals surface area (Å²) in [7, 11) is 3.32. The molecular weight excluding hydrogens is 408 g/mol. The highest BCUT2D eigenvalue weighted by Gasteiger charge is 2.34. The van der Waals surface area contributed by atoms with Crippen molar-refractivity contribution in [2.45, 2.75) is 51.0 Å². The molecule has 1 fully saturated rings. The number of benzene rings is 1. The summed E-state index contributed by atoms with van der Waals surface area (Å²) >= 11 is 0. The van der Waals surface area contributed by atoms with Gasteiger partial charge in [0.2, 0.25) is 0 Å². The Hall–Kier alpha value is -3.16. The van der Waals surface area contributed by atoms with Gasteiger partial charge in [0, 0.05) is 18.5 Å². The van der Waals surface area contributed by atoms with E-state index >= 15 is 0 Å². The summed E-state index contributed by atoms with van der Waals surface area (Å²) in [5.41, 5.74) is 6.49. The van der Waals surface area contributed by atoms with Gasteiger partial charge in [0.15, 0.2) is 23.2 Å². The highest BCUT2D eigenvalue weighted by atomic mass is 16.5. The minimum Gasteiger partial charge on any atom is -0.493 e. The van der Waals surface area contributed by atoms with Gasteiger partial charge in [0.05, 0.1) is 14.2 Å². The van der Waals surface area contributed by atoms with Crippen molar-refractivity contribution in [3.8, 4) is 11.5 Å². The van der Waals surface area contributed by atoms with Crippen molar-refractivity contribution in [1.29, 1.82) is 0 Å². The Labute approximate surface area is 189 Å². The Morgan fingerprint density at radius 3 is 2.47 bits per heavy atom. The number of primary amides is 1. The summed E-state index contributed by atoms with van der Waals surface area (Å²) in [5.74, 6) is 2.33. The molecule has 1 heterocycles. The molecule has 0 bridgehead atoms. The van der Waals surface area contributed by atoms with E-state index in [1.165, 1.54) is 24.8 Å². The third-order valence-corrected chi connectivity index (χ3v) is 6.04. The van der Waals surface area contributed by atoms with Gasteiger partial charge < -0.3 is 30.3 Å². The van der Waals surface area contributed by atoms with E-state index in [2.05, 4.69) is 27.8 Å². The van der Waals surface area contributed by atoms with Crippen LogP contribution in [0.15, 0.2) is 39.7 Å². The number of nitrogens with one attached hydrogen (secondary N) is 2. The molecule has 1 amide bonds. The minimum absolute atomic E-state index is 0.0161. The van der Waals surface area contributed by atoms with Crippen LogP contribution >= 0.6 is 0 Å². The lowest BCUT2D eigenvalue weighted by atomic mass is 9.69. The number of furan rings is 1. The van der Waals surface area contributed by atoms with E-state index in [9.17, 15) is 4.79 Å². The Morgan fingerprint density at radius 1 is 1.09 bits per heavy atom. The molecule has 1 saturated carbocycles. The first-order chi connectivity index (χ1) is 15.5. The molecule has 1 aromatic carbocycles. The molecular formula is C24H34N4O4. The van der Waals surface area contributed by atoms with Crippen molar-refractivity contribution in [2.75, 3.05) is 27.3 Å². The van der Waals surface area contributed by atoms with Crippen LogP contribution < -0.4 is 25.8 Å². The molecule has 8 nitrogen and oxygen atoms in total. The van der Waals surface area contributed by atoms with Crippen molar-refractivity contribution in [3.63, 3.8) is 0 Å². The average molecular weight is 443 g/mol. The molecule has 0 unspecified atom stereocenters. The standard InChI is InChI=1S/C24H34N4O4/c1-4-26-23(27-15-18-9-11-20(32-18)22(25)29)28-16-24(12-6-5-7-13-24)17-8-10-19(30-2)21(14-17)31-3/h8-11,14H,4-7,12-13,15-16H2,1-3H3,(H2,25,29)(H2,26,27,28). The third kappa shape index (κ3) is 5.55. The van der Waals surface area contributed by atoms with Crippen molar-refractivity contribution in [2.24, 2.45) is 10.7 Å². The van der Waals surface area contributed by atoms with Crippen LogP contribution in [0.1, 0.15) is 60.9 Å². The van der Waals surface area contributed by atoms with E-state index in [0.717, 1.165) is 37.4 Å². The first-order valence-electron chi connectivity index (χ1n) is 11.1. The summed E-state index contributed by atoms with van der Waals surface area (Å²) in [6.07, 6.45) is 5.81. The Balaban J connectivity index is 1.78. The second kappa shape index (κ2) is 10.9. The second-order valence-corrected chi connectivity index (χ2v) is 8.09. The maximum atomic E-state index is 11.2. The number of carbonyl (C=O) groups excluding carboxylic acids is 1. The van der Waals surface area contributed by atoms with Crippen LogP contribution in [0.5, 0.6) is 11.5 Å². The number of rotatable bonds is 9. The van der Waals surface area contributed by atoms with Gasteiger partial charge in [0.25, 0.3) is 5.91 Å². The van der Waals surface area contributed by atoms with E-state index in [1.54, 1.807) is 26.4 Å². The molecule has 1 aromatic heterocycles. The molecule has 0 saturated heterocycles. The number of aliphatic imine (C=N–C) groups is 1. The van der Waals surface area contributed by atoms with Gasteiger partial charge >= 0.3 is 0 Å². The van der Waals surface area contributed by atoms with Crippen LogP contribution in [0.4, 0.5) is 0 Å². The molecule has 0 aliphatic heterocycles. The van der Waals surface area contributed by atoms with Crippen LogP contribution in [0.3, 0.4) is 0 Å². The maximum absolute atomic E-state index is 11.2. The predicted octanol–water partition coefficient (Wildman–Crippen LogP) is 3.35. The summed E-state index contributed by atoms with van der Waals surface area (Å²) in [6.45, 7) is 3.82. The molecule has 3 rings (SSSR count). The second-order valence-electron chi connectivity index (χ2n) is 8.09. The number of carbonyl (C=O) groups is 1. The zero-order chi connectivity index (χ0) is 23.0. The Bertz CT molecular complexity index is 932. The van der Waals surface area contributed by atoms with E-state index in [1.807, 2.05) is 13.0 Å². The third-order valence-electron chi connectivity index (χ3n) is 6.04. The first-order valence-corrected chi connectivity index (χ1v) is 11.1. The van der Waals surface area contributed by atoms with Crippen LogP contribution in [0, 0.1) is 0 Å². The van der Waals surface area contributed by atoms with Crippen molar-refractivity contribution < 1.29 is 18.7 Å². The SMILES string of the molecule is CCNC(=NCc1ccc(C(N)=O)o1)NCC1(c2ccc(OC)c(OC)c2)CCCCC1. The summed E-state index contributed by atoms with van der Waals surface area (Å²) < 4.78 is 16.4. The molecule has 2 aromatic rings. The minimum atomic E-state index is -0.584. The first kappa shape index (κ1) is 23.5. The van der Waals surface area contributed by atoms with E-state index in [4.69, 9.17) is 19.6 Å². The van der Waals surface area contributed by atoms with E-state index in [-0.39, 0.29) is 11.2 Å². The largest absolute Gasteiger partial charge is 0.493 e. The molecule has 1 aliphatic rings. The lowest BCUT2D eigenvalue weighted by Gasteiger charge is -2.38. The molecule has 0 spiro atoms. The van der Waals surface area contributed by atoms with Crippen LogP contribution in [0.25, 0.3) is 0 Å². The quantitative estimate of drug-likeness (QED) is 0.406. The normalized spacial score (nSPS) is 15.8. The number of nitrogens with zero attached hydrogens (tertiary/aromatic N) is 1. The summed E-state index contributed by atoms with van der Waals surface area (Å²) in [5, 5.41) is 6.82. The van der Waals surface area contributed by atoms with E-state index < -0.39 is 5.91 Å². The van der Waals surface area contributed by atoms with Crippen molar-refractivity contribution in [3.05, 3.63) is 47.4 Å². The number of hydrogen-bond acceptors (Lipinski definition) is 5. The van der Waals surface area contributed by atoms with Gasteiger partial charge in [-0.3, -0.25) is 4.79 Å². The maximum Gasteiger partial charge on any atom is 0.284 e. The summed E-state index contributed by atoms with van der Waals surface area (Å²) in [4.78, 5) is 15.9. The van der Waals surface area contributed by atoms with Crippen LogP contribution in [-0.2, 0) is 12.0 Å². The number of hydrogen-bond donors (Lipinski definition) is 3. The molecule has 32 heavy (non-hydrogen) atoms. The Morgan fingerprint density at radius 2 is 1.84 bits per heavy atom. The zero-order valence-corrected chi connectivity index (χ0v) is 19.2. The lowest BCUT2D eigenvalue weighted by Crippen LogP contribution is -2.46. The molecule has 174 valence electrons. The molecule has 0 atom stereocenters. The smallest absolute Gasteiger partial charge is 0.284 e. The lowest BCUT2D eigenvalue weighted by molar-refractivity contribution is 0.0972. The fraction of sp³-hybridized carbons (Fsp3) is 0.500. The fourth-order valence-electron chi connectivity index (χ4n) is 4.31. The number of nitrogens with two attached hydrogens (primary N) is 1. The van der Waals surface area contributed by atoms with Gasteiger partial charge in [0.1, 0.15) is 12.3 Å². The highest BCUT2D eigenvalue weighted by molar-refractivity contribution is 5.89. The van der Waals surface area contributed by atoms with Crippen LogP contribution in [0.2, 0.25) is 0 Å². The zero-order valence-electron chi connectivity index (χ0n) is 19.2. The van der Waals surface area contributed by atoms with Gasteiger partial charge in [-0.05, 0) is 49.6 Å².